The minimum atomic E-state index is -0.947. The van der Waals surface area contributed by atoms with Crippen LogP contribution in [0.15, 0.2) is 48.5 Å². The van der Waals surface area contributed by atoms with E-state index in [0.717, 1.165) is 17.5 Å². The lowest BCUT2D eigenvalue weighted by atomic mass is 10.0. The van der Waals surface area contributed by atoms with Crippen molar-refractivity contribution >= 4 is 22.6 Å². The number of carbonyl (C=O) groups is 1. The first-order chi connectivity index (χ1) is 10.6. The molecule has 4 heteroatoms. The van der Waals surface area contributed by atoms with Crippen LogP contribution in [0.25, 0.3) is 22.2 Å². The predicted molar refractivity (Wildman–Crippen MR) is 87.9 cm³/mol. The minimum absolute atomic E-state index is 0.270. The van der Waals surface area contributed by atoms with Crippen LogP contribution >= 0.6 is 0 Å². The summed E-state index contributed by atoms with van der Waals surface area (Å²) >= 11 is 0. The van der Waals surface area contributed by atoms with Gasteiger partial charge in [0.1, 0.15) is 0 Å². The van der Waals surface area contributed by atoms with Crippen molar-refractivity contribution in [1.82, 2.24) is 4.98 Å². The molecule has 22 heavy (non-hydrogen) atoms. The van der Waals surface area contributed by atoms with E-state index >= 15 is 0 Å². The van der Waals surface area contributed by atoms with Crippen molar-refractivity contribution in [2.75, 3.05) is 5.73 Å². The summed E-state index contributed by atoms with van der Waals surface area (Å²) in [6, 6.07) is 14.6. The normalized spacial score (nSPS) is 10.8. The van der Waals surface area contributed by atoms with Crippen LogP contribution in [-0.2, 0) is 6.42 Å². The van der Waals surface area contributed by atoms with Crippen LogP contribution in [0.3, 0.4) is 0 Å². The van der Waals surface area contributed by atoms with Gasteiger partial charge in [0, 0.05) is 16.6 Å². The Morgan fingerprint density at radius 3 is 2.50 bits per heavy atom. The molecule has 0 bridgehead atoms. The zero-order valence-corrected chi connectivity index (χ0v) is 12.2. The predicted octanol–water partition coefficient (Wildman–Crippen LogP) is 3.74. The van der Waals surface area contributed by atoms with Crippen molar-refractivity contribution < 1.29 is 9.90 Å². The smallest absolute Gasteiger partial charge is 0.336 e. The summed E-state index contributed by atoms with van der Waals surface area (Å²) in [4.78, 5) is 16.2. The van der Waals surface area contributed by atoms with Crippen molar-refractivity contribution in [1.29, 1.82) is 0 Å². The molecule has 0 aliphatic heterocycles. The quantitative estimate of drug-likeness (QED) is 0.721. The number of anilines is 1. The van der Waals surface area contributed by atoms with Crippen LogP contribution < -0.4 is 5.73 Å². The van der Waals surface area contributed by atoms with Gasteiger partial charge in [-0.15, -0.1) is 0 Å². The molecule has 0 spiro atoms. The lowest BCUT2D eigenvalue weighted by molar-refractivity contribution is 0.0699. The second-order valence-corrected chi connectivity index (χ2v) is 5.19. The van der Waals surface area contributed by atoms with E-state index in [1.165, 1.54) is 0 Å². The van der Waals surface area contributed by atoms with E-state index < -0.39 is 5.97 Å². The fourth-order valence-electron chi connectivity index (χ4n) is 2.47. The van der Waals surface area contributed by atoms with Crippen LogP contribution in [0.4, 0.5) is 5.69 Å². The van der Waals surface area contributed by atoms with Crippen molar-refractivity contribution in [3.05, 3.63) is 59.7 Å². The molecule has 3 rings (SSSR count). The second kappa shape index (κ2) is 5.48. The molecule has 0 saturated heterocycles. The fourth-order valence-corrected chi connectivity index (χ4v) is 2.47. The molecule has 110 valence electrons. The molecule has 0 aliphatic rings. The van der Waals surface area contributed by atoms with Crippen LogP contribution in [0.1, 0.15) is 22.8 Å². The summed E-state index contributed by atoms with van der Waals surface area (Å²) in [7, 11) is 0. The standard InChI is InChI=1S/C18H16N2O2/c1-2-11-3-8-16-14(9-11)15(18(21)22)10-17(20-16)12-4-6-13(19)7-5-12/h3-10H,2,19H2,1H3,(H,21,22). The van der Waals surface area contributed by atoms with Crippen molar-refractivity contribution in [2.45, 2.75) is 13.3 Å². The van der Waals surface area contributed by atoms with E-state index in [1.807, 2.05) is 37.3 Å². The topological polar surface area (TPSA) is 76.2 Å². The number of nitrogen functional groups attached to an aromatic ring is 1. The molecule has 2 aromatic carbocycles. The van der Waals surface area contributed by atoms with E-state index in [2.05, 4.69) is 4.98 Å². The van der Waals surface area contributed by atoms with Gasteiger partial charge in [0.05, 0.1) is 16.8 Å². The number of benzene rings is 2. The Hall–Kier alpha value is -2.88. The Kier molecular flexibility index (Phi) is 3.51. The van der Waals surface area contributed by atoms with Crippen molar-refractivity contribution in [2.24, 2.45) is 0 Å². The Balaban J connectivity index is 2.25. The van der Waals surface area contributed by atoms with E-state index in [1.54, 1.807) is 18.2 Å². The van der Waals surface area contributed by atoms with Crippen LogP contribution in [0, 0.1) is 0 Å². The summed E-state index contributed by atoms with van der Waals surface area (Å²) in [5.74, 6) is -0.947. The van der Waals surface area contributed by atoms with Crippen LogP contribution in [0.5, 0.6) is 0 Å². The van der Waals surface area contributed by atoms with Crippen molar-refractivity contribution in [3.8, 4) is 11.3 Å². The third-order valence-electron chi connectivity index (χ3n) is 3.72. The molecule has 1 aromatic heterocycles. The highest BCUT2D eigenvalue weighted by atomic mass is 16.4. The van der Waals surface area contributed by atoms with Crippen LogP contribution in [0.2, 0.25) is 0 Å². The maximum absolute atomic E-state index is 11.6. The number of carboxylic acids is 1. The molecule has 1 heterocycles. The number of aryl methyl sites for hydroxylation is 1. The van der Waals surface area contributed by atoms with Gasteiger partial charge in [-0.3, -0.25) is 0 Å². The van der Waals surface area contributed by atoms with Gasteiger partial charge in [0.15, 0.2) is 0 Å². The van der Waals surface area contributed by atoms with Gasteiger partial charge in [-0.25, -0.2) is 9.78 Å². The molecule has 0 unspecified atom stereocenters. The Labute approximate surface area is 128 Å². The van der Waals surface area contributed by atoms with Gasteiger partial charge in [-0.1, -0.05) is 25.1 Å². The van der Waals surface area contributed by atoms with E-state index in [0.29, 0.717) is 22.3 Å². The monoisotopic (exact) mass is 292 g/mol. The summed E-state index contributed by atoms with van der Waals surface area (Å²) in [6.07, 6.45) is 0.856. The molecule has 0 radical (unpaired) electrons. The zero-order chi connectivity index (χ0) is 15.7. The van der Waals surface area contributed by atoms with Gasteiger partial charge < -0.3 is 10.8 Å². The lowest BCUT2D eigenvalue weighted by Crippen LogP contribution is -2.01. The highest BCUT2D eigenvalue weighted by Gasteiger charge is 2.13. The number of pyridine rings is 1. The number of aromatic carboxylic acids is 1. The van der Waals surface area contributed by atoms with Gasteiger partial charge >= 0.3 is 5.97 Å². The number of hydrogen-bond acceptors (Lipinski definition) is 3. The van der Waals surface area contributed by atoms with E-state index in [4.69, 9.17) is 5.73 Å². The zero-order valence-electron chi connectivity index (χ0n) is 12.2. The first kappa shape index (κ1) is 14.1. The molecule has 3 N–H and O–H groups in total. The van der Waals surface area contributed by atoms with Gasteiger partial charge in [0.2, 0.25) is 0 Å². The lowest BCUT2D eigenvalue weighted by Gasteiger charge is -2.09. The fraction of sp³-hybridized carbons (Fsp3) is 0.111. The average molecular weight is 292 g/mol. The number of aromatic nitrogens is 1. The summed E-state index contributed by atoms with van der Waals surface area (Å²) in [5, 5.41) is 10.2. The van der Waals surface area contributed by atoms with Gasteiger partial charge in [0.25, 0.3) is 0 Å². The number of fused-ring (bicyclic) bond motifs is 1. The highest BCUT2D eigenvalue weighted by Crippen LogP contribution is 2.26. The number of carboxylic acid groups (broad SMARTS) is 1. The Morgan fingerprint density at radius 2 is 1.86 bits per heavy atom. The van der Waals surface area contributed by atoms with E-state index in [9.17, 15) is 9.90 Å². The van der Waals surface area contributed by atoms with Crippen LogP contribution in [-0.4, -0.2) is 16.1 Å². The number of nitrogens with zero attached hydrogens (tertiary/aromatic N) is 1. The van der Waals surface area contributed by atoms with Gasteiger partial charge in [-0.05, 0) is 42.3 Å². The average Bonchev–Trinajstić information content (AvgIpc) is 2.53. The molecule has 0 fully saturated rings. The number of rotatable bonds is 3. The molecule has 0 atom stereocenters. The Bertz CT molecular complexity index is 855. The maximum atomic E-state index is 11.6. The van der Waals surface area contributed by atoms with Crippen molar-refractivity contribution in [3.63, 3.8) is 0 Å². The van der Waals surface area contributed by atoms with E-state index in [-0.39, 0.29) is 5.56 Å². The first-order valence-corrected chi connectivity index (χ1v) is 7.11. The first-order valence-electron chi connectivity index (χ1n) is 7.11. The summed E-state index contributed by atoms with van der Waals surface area (Å²) < 4.78 is 0. The largest absolute Gasteiger partial charge is 0.478 e. The number of nitrogens with two attached hydrogens (primary N) is 1. The molecule has 0 saturated carbocycles. The molecule has 0 amide bonds. The maximum Gasteiger partial charge on any atom is 0.336 e. The SMILES string of the molecule is CCc1ccc2nc(-c3ccc(N)cc3)cc(C(=O)O)c2c1. The molecular formula is C18H16N2O2. The Morgan fingerprint density at radius 1 is 1.14 bits per heavy atom. The van der Waals surface area contributed by atoms with Gasteiger partial charge in [-0.2, -0.15) is 0 Å². The molecule has 3 aromatic rings. The second-order valence-electron chi connectivity index (χ2n) is 5.19. The third-order valence-corrected chi connectivity index (χ3v) is 3.72. The number of hydrogen-bond donors (Lipinski definition) is 2. The molecule has 0 aliphatic carbocycles. The molecule has 4 nitrogen and oxygen atoms in total. The third kappa shape index (κ3) is 2.51. The summed E-state index contributed by atoms with van der Waals surface area (Å²) in [6.45, 7) is 2.04. The highest BCUT2D eigenvalue weighted by molar-refractivity contribution is 6.04. The molecular weight excluding hydrogens is 276 g/mol. The minimum Gasteiger partial charge on any atom is -0.478 e. The summed E-state index contributed by atoms with van der Waals surface area (Å²) in [5.41, 5.74) is 9.88.